The molecule has 0 radical (unpaired) electrons. The Morgan fingerprint density at radius 1 is 1.14 bits per heavy atom. The van der Waals surface area contributed by atoms with E-state index in [2.05, 4.69) is 40.0 Å². The second-order valence-corrected chi connectivity index (χ2v) is 5.69. The van der Waals surface area contributed by atoms with Gasteiger partial charge in [0, 0.05) is 16.3 Å². The highest BCUT2D eigenvalue weighted by atomic mass is 35.5. The van der Waals surface area contributed by atoms with E-state index in [-0.39, 0.29) is 6.04 Å². The first-order valence-electron chi connectivity index (χ1n) is 6.90. The molecule has 1 aromatic heterocycles. The zero-order chi connectivity index (χ0) is 14.4. The SMILES string of the molecule is Cc1cnc2n1-c1ccc(Cl)cc1C(c1ccccc1)N2. The first kappa shape index (κ1) is 12.5. The summed E-state index contributed by atoms with van der Waals surface area (Å²) < 4.78 is 2.13. The number of rotatable bonds is 1. The predicted molar refractivity (Wildman–Crippen MR) is 85.2 cm³/mol. The van der Waals surface area contributed by atoms with Gasteiger partial charge in [-0.25, -0.2) is 4.98 Å². The number of nitrogens with one attached hydrogen (secondary N) is 1. The van der Waals surface area contributed by atoms with Crippen molar-refractivity contribution in [3.63, 3.8) is 0 Å². The molecule has 1 unspecified atom stereocenters. The maximum atomic E-state index is 6.22. The Hall–Kier alpha value is -2.26. The van der Waals surface area contributed by atoms with Crippen molar-refractivity contribution in [2.45, 2.75) is 13.0 Å². The summed E-state index contributed by atoms with van der Waals surface area (Å²) in [6.07, 6.45) is 1.88. The molecule has 1 N–H and O–H groups in total. The summed E-state index contributed by atoms with van der Waals surface area (Å²) in [5.74, 6) is 0.871. The summed E-state index contributed by atoms with van der Waals surface area (Å²) >= 11 is 6.22. The van der Waals surface area contributed by atoms with Crippen molar-refractivity contribution in [1.82, 2.24) is 9.55 Å². The number of hydrogen-bond donors (Lipinski definition) is 1. The van der Waals surface area contributed by atoms with Crippen molar-refractivity contribution in [3.8, 4) is 5.69 Å². The zero-order valence-corrected chi connectivity index (χ0v) is 12.3. The van der Waals surface area contributed by atoms with Crippen molar-refractivity contribution in [2.75, 3.05) is 5.32 Å². The van der Waals surface area contributed by atoms with Gasteiger partial charge in [0.25, 0.3) is 0 Å². The second kappa shape index (κ2) is 4.64. The maximum absolute atomic E-state index is 6.22. The van der Waals surface area contributed by atoms with E-state index < -0.39 is 0 Å². The first-order chi connectivity index (χ1) is 10.2. The van der Waals surface area contributed by atoms with E-state index in [1.54, 1.807) is 0 Å². The Labute approximate surface area is 128 Å². The lowest BCUT2D eigenvalue weighted by atomic mass is 9.95. The molecule has 3 nitrogen and oxygen atoms in total. The summed E-state index contributed by atoms with van der Waals surface area (Å²) in [4.78, 5) is 4.47. The van der Waals surface area contributed by atoms with Crippen LogP contribution in [0.3, 0.4) is 0 Å². The van der Waals surface area contributed by atoms with Crippen LogP contribution in [0.1, 0.15) is 22.9 Å². The molecule has 0 saturated heterocycles. The van der Waals surface area contributed by atoms with E-state index in [1.807, 2.05) is 36.5 Å². The van der Waals surface area contributed by atoms with E-state index in [1.165, 1.54) is 11.1 Å². The van der Waals surface area contributed by atoms with Crippen LogP contribution in [0.2, 0.25) is 5.02 Å². The number of anilines is 1. The van der Waals surface area contributed by atoms with Crippen LogP contribution in [-0.4, -0.2) is 9.55 Å². The lowest BCUT2D eigenvalue weighted by Crippen LogP contribution is -2.23. The van der Waals surface area contributed by atoms with Crippen LogP contribution < -0.4 is 5.32 Å². The molecule has 0 amide bonds. The predicted octanol–water partition coefficient (Wildman–Crippen LogP) is 4.35. The van der Waals surface area contributed by atoms with Crippen molar-refractivity contribution >= 4 is 17.5 Å². The van der Waals surface area contributed by atoms with Gasteiger partial charge in [-0.1, -0.05) is 41.9 Å². The molecule has 4 rings (SSSR count). The normalized spacial score (nSPS) is 16.0. The summed E-state index contributed by atoms with van der Waals surface area (Å²) in [5, 5.41) is 4.26. The monoisotopic (exact) mass is 295 g/mol. The van der Waals surface area contributed by atoms with Gasteiger partial charge in [0.1, 0.15) is 0 Å². The molecule has 0 bridgehead atoms. The average Bonchev–Trinajstić information content (AvgIpc) is 2.88. The van der Waals surface area contributed by atoms with Crippen LogP contribution in [0.25, 0.3) is 5.69 Å². The Balaban J connectivity index is 1.96. The van der Waals surface area contributed by atoms with Gasteiger partial charge in [-0.3, -0.25) is 4.57 Å². The summed E-state index contributed by atoms with van der Waals surface area (Å²) in [5.41, 5.74) is 4.61. The highest BCUT2D eigenvalue weighted by Gasteiger charge is 2.27. The Morgan fingerprint density at radius 3 is 2.76 bits per heavy atom. The van der Waals surface area contributed by atoms with Crippen molar-refractivity contribution < 1.29 is 0 Å². The fourth-order valence-corrected chi connectivity index (χ4v) is 3.10. The van der Waals surface area contributed by atoms with Gasteiger partial charge in [0.05, 0.1) is 17.9 Å². The zero-order valence-electron chi connectivity index (χ0n) is 11.5. The topological polar surface area (TPSA) is 29.9 Å². The molecular weight excluding hydrogens is 282 g/mol. The Morgan fingerprint density at radius 2 is 1.95 bits per heavy atom. The fraction of sp³-hybridized carbons (Fsp3) is 0.118. The third kappa shape index (κ3) is 1.93. The van der Waals surface area contributed by atoms with Crippen molar-refractivity contribution in [3.05, 3.63) is 76.6 Å². The van der Waals surface area contributed by atoms with Crippen molar-refractivity contribution in [2.24, 2.45) is 0 Å². The van der Waals surface area contributed by atoms with E-state index in [9.17, 15) is 0 Å². The summed E-state index contributed by atoms with van der Waals surface area (Å²) in [6.45, 7) is 2.05. The van der Waals surface area contributed by atoms with Gasteiger partial charge < -0.3 is 5.32 Å². The lowest BCUT2D eigenvalue weighted by molar-refractivity contribution is 0.827. The molecule has 4 heteroatoms. The van der Waals surface area contributed by atoms with Crippen LogP contribution in [-0.2, 0) is 0 Å². The van der Waals surface area contributed by atoms with Crippen LogP contribution in [0, 0.1) is 6.92 Å². The van der Waals surface area contributed by atoms with E-state index >= 15 is 0 Å². The van der Waals surface area contributed by atoms with Crippen LogP contribution >= 0.6 is 11.6 Å². The van der Waals surface area contributed by atoms with Gasteiger partial charge in [0.15, 0.2) is 0 Å². The molecule has 3 aromatic rings. The maximum Gasteiger partial charge on any atom is 0.208 e. The summed E-state index contributed by atoms with van der Waals surface area (Å²) in [6, 6.07) is 16.4. The minimum absolute atomic E-state index is 0.0641. The number of aromatic nitrogens is 2. The van der Waals surface area contributed by atoms with Crippen LogP contribution in [0.15, 0.2) is 54.7 Å². The molecule has 0 aliphatic carbocycles. The average molecular weight is 296 g/mol. The molecule has 0 saturated carbocycles. The number of fused-ring (bicyclic) bond motifs is 3. The highest BCUT2D eigenvalue weighted by Crippen LogP contribution is 2.38. The van der Waals surface area contributed by atoms with Crippen LogP contribution in [0.4, 0.5) is 5.95 Å². The van der Waals surface area contributed by atoms with E-state index in [0.717, 1.165) is 22.4 Å². The van der Waals surface area contributed by atoms with E-state index in [0.29, 0.717) is 0 Å². The molecule has 21 heavy (non-hydrogen) atoms. The molecule has 1 aliphatic rings. The van der Waals surface area contributed by atoms with Crippen molar-refractivity contribution in [1.29, 1.82) is 0 Å². The quantitative estimate of drug-likeness (QED) is 0.723. The Kier molecular flexibility index (Phi) is 2.76. The van der Waals surface area contributed by atoms with Gasteiger partial charge in [0.2, 0.25) is 5.95 Å². The number of hydrogen-bond acceptors (Lipinski definition) is 2. The molecular formula is C17H14ClN3. The standard InChI is InChI=1S/C17H14ClN3/c1-11-10-19-17-20-16(12-5-3-2-4-6-12)14-9-13(18)7-8-15(14)21(11)17/h2-10,16H,1H3,(H,19,20). The molecule has 1 aliphatic heterocycles. The smallest absolute Gasteiger partial charge is 0.208 e. The first-order valence-corrected chi connectivity index (χ1v) is 7.27. The van der Waals surface area contributed by atoms with Gasteiger partial charge in [-0.05, 0) is 30.7 Å². The van der Waals surface area contributed by atoms with E-state index in [4.69, 9.17) is 11.6 Å². The highest BCUT2D eigenvalue weighted by molar-refractivity contribution is 6.30. The van der Waals surface area contributed by atoms with Gasteiger partial charge >= 0.3 is 0 Å². The third-order valence-electron chi connectivity index (χ3n) is 3.89. The minimum atomic E-state index is 0.0641. The third-order valence-corrected chi connectivity index (χ3v) is 4.12. The van der Waals surface area contributed by atoms with Gasteiger partial charge in [-0.2, -0.15) is 0 Å². The number of benzene rings is 2. The molecule has 2 aromatic carbocycles. The lowest BCUT2D eigenvalue weighted by Gasteiger charge is -2.29. The molecule has 2 heterocycles. The van der Waals surface area contributed by atoms with Gasteiger partial charge in [-0.15, -0.1) is 0 Å². The Bertz CT molecular complexity index is 808. The fourth-order valence-electron chi connectivity index (χ4n) is 2.92. The number of aryl methyl sites for hydroxylation is 1. The molecule has 0 fully saturated rings. The second-order valence-electron chi connectivity index (χ2n) is 5.25. The molecule has 0 spiro atoms. The number of halogens is 1. The number of nitrogens with zero attached hydrogens (tertiary/aromatic N) is 2. The molecule has 1 atom stereocenters. The minimum Gasteiger partial charge on any atom is -0.344 e. The van der Waals surface area contributed by atoms with Crippen LogP contribution in [0.5, 0.6) is 0 Å². The molecule has 104 valence electrons. The largest absolute Gasteiger partial charge is 0.344 e. The number of imidazole rings is 1. The summed E-state index contributed by atoms with van der Waals surface area (Å²) in [7, 11) is 0.